The van der Waals surface area contributed by atoms with E-state index < -0.39 is 0 Å². The van der Waals surface area contributed by atoms with Crippen molar-refractivity contribution in [2.24, 2.45) is 0 Å². The first-order valence-electron chi connectivity index (χ1n) is 7.32. The lowest BCUT2D eigenvalue weighted by molar-refractivity contribution is 0.138. The van der Waals surface area contributed by atoms with Gasteiger partial charge in [-0.3, -0.25) is 4.90 Å². The van der Waals surface area contributed by atoms with Crippen LogP contribution in [0, 0.1) is 0 Å². The molecular formula is C15H19N5. The van der Waals surface area contributed by atoms with E-state index in [0.717, 1.165) is 51.1 Å². The van der Waals surface area contributed by atoms with Gasteiger partial charge in [0.1, 0.15) is 0 Å². The van der Waals surface area contributed by atoms with Crippen molar-refractivity contribution < 1.29 is 0 Å². The van der Waals surface area contributed by atoms with Crippen molar-refractivity contribution in [3.63, 3.8) is 0 Å². The lowest BCUT2D eigenvalue weighted by Gasteiger charge is -2.43. The van der Waals surface area contributed by atoms with Gasteiger partial charge in [0.15, 0.2) is 5.82 Å². The van der Waals surface area contributed by atoms with E-state index in [0.29, 0.717) is 0 Å². The van der Waals surface area contributed by atoms with Crippen LogP contribution >= 0.6 is 0 Å². The van der Waals surface area contributed by atoms with Crippen LogP contribution in [-0.2, 0) is 0 Å². The lowest BCUT2D eigenvalue weighted by atomic mass is 10.1. The summed E-state index contributed by atoms with van der Waals surface area (Å²) in [5, 5.41) is 14.3. The first-order chi connectivity index (χ1) is 9.92. The van der Waals surface area contributed by atoms with Crippen molar-refractivity contribution in [2.45, 2.75) is 6.04 Å². The third-order valence-electron chi connectivity index (χ3n) is 4.44. The number of aromatic nitrogens is 2. The highest BCUT2D eigenvalue weighted by atomic mass is 15.3. The molecule has 2 saturated heterocycles. The zero-order valence-electron chi connectivity index (χ0n) is 11.5. The second-order valence-electron chi connectivity index (χ2n) is 5.59. The molecular weight excluding hydrogens is 250 g/mol. The van der Waals surface area contributed by atoms with Crippen LogP contribution in [0.2, 0.25) is 0 Å². The van der Waals surface area contributed by atoms with E-state index in [1.165, 1.54) is 10.8 Å². The number of hydrogen-bond donors (Lipinski definition) is 1. The Hall–Kier alpha value is -1.72. The Labute approximate surface area is 118 Å². The van der Waals surface area contributed by atoms with Crippen LogP contribution in [0.15, 0.2) is 30.5 Å². The number of piperazine rings is 1. The molecule has 1 aromatic heterocycles. The SMILES string of the molecule is c1ccc2c(N3CCN(C4CNC4)CC3)nncc2c1. The summed E-state index contributed by atoms with van der Waals surface area (Å²) in [4.78, 5) is 4.96. The molecule has 4 rings (SSSR count). The van der Waals surface area contributed by atoms with E-state index >= 15 is 0 Å². The Morgan fingerprint density at radius 3 is 2.60 bits per heavy atom. The van der Waals surface area contributed by atoms with Crippen molar-refractivity contribution in [2.75, 3.05) is 44.2 Å². The van der Waals surface area contributed by atoms with Gasteiger partial charge in [0.25, 0.3) is 0 Å². The van der Waals surface area contributed by atoms with Crippen LogP contribution in [0.5, 0.6) is 0 Å². The van der Waals surface area contributed by atoms with E-state index in [4.69, 9.17) is 0 Å². The van der Waals surface area contributed by atoms with Gasteiger partial charge in [-0.05, 0) is 0 Å². The molecule has 5 heteroatoms. The Morgan fingerprint density at radius 1 is 1.05 bits per heavy atom. The summed E-state index contributed by atoms with van der Waals surface area (Å²) >= 11 is 0. The summed E-state index contributed by atoms with van der Waals surface area (Å²) in [6.45, 7) is 6.62. The molecule has 0 amide bonds. The van der Waals surface area contributed by atoms with Crippen LogP contribution in [0.25, 0.3) is 10.8 Å². The molecule has 0 bridgehead atoms. The minimum absolute atomic E-state index is 0.746. The molecule has 0 radical (unpaired) electrons. The Morgan fingerprint density at radius 2 is 1.85 bits per heavy atom. The molecule has 20 heavy (non-hydrogen) atoms. The van der Waals surface area contributed by atoms with Crippen LogP contribution in [0.4, 0.5) is 5.82 Å². The van der Waals surface area contributed by atoms with E-state index in [-0.39, 0.29) is 0 Å². The number of nitrogens with zero attached hydrogens (tertiary/aromatic N) is 4. The molecule has 0 atom stereocenters. The molecule has 0 aliphatic carbocycles. The molecule has 1 N–H and O–H groups in total. The summed E-state index contributed by atoms with van der Waals surface area (Å²) in [7, 11) is 0. The lowest BCUT2D eigenvalue weighted by Crippen LogP contribution is -2.61. The van der Waals surface area contributed by atoms with Gasteiger partial charge >= 0.3 is 0 Å². The molecule has 2 aromatic rings. The topological polar surface area (TPSA) is 44.3 Å². The summed E-state index contributed by atoms with van der Waals surface area (Å²) in [5.74, 6) is 1.04. The molecule has 1 aromatic carbocycles. The van der Waals surface area contributed by atoms with Crippen molar-refractivity contribution >= 4 is 16.6 Å². The first kappa shape index (κ1) is 12.1. The second-order valence-corrected chi connectivity index (χ2v) is 5.59. The number of fused-ring (bicyclic) bond motifs is 1. The molecule has 2 aliphatic rings. The Kier molecular flexibility index (Phi) is 3.01. The maximum atomic E-state index is 4.38. The highest BCUT2D eigenvalue weighted by molar-refractivity contribution is 5.91. The van der Waals surface area contributed by atoms with Crippen molar-refractivity contribution in [3.05, 3.63) is 30.5 Å². The fourth-order valence-electron chi connectivity index (χ4n) is 3.08. The zero-order chi connectivity index (χ0) is 13.4. The number of nitrogens with one attached hydrogen (secondary N) is 1. The van der Waals surface area contributed by atoms with Gasteiger partial charge in [-0.1, -0.05) is 24.3 Å². The third kappa shape index (κ3) is 2.03. The standard InChI is InChI=1S/C15H19N5/c1-2-4-14-12(3-1)9-17-18-15(14)20-7-5-19(6-8-20)13-10-16-11-13/h1-4,9,13,16H,5-8,10-11H2. The van der Waals surface area contributed by atoms with Gasteiger partial charge in [0, 0.05) is 56.1 Å². The highest BCUT2D eigenvalue weighted by Gasteiger charge is 2.28. The summed E-state index contributed by atoms with van der Waals surface area (Å²) in [5.41, 5.74) is 0. The smallest absolute Gasteiger partial charge is 0.159 e. The van der Waals surface area contributed by atoms with Crippen molar-refractivity contribution in [3.8, 4) is 0 Å². The Balaban J connectivity index is 1.55. The molecule has 2 fully saturated rings. The predicted molar refractivity (Wildman–Crippen MR) is 80.0 cm³/mol. The van der Waals surface area contributed by atoms with Crippen LogP contribution in [0.3, 0.4) is 0 Å². The predicted octanol–water partition coefficient (Wildman–Crippen LogP) is 0.724. The van der Waals surface area contributed by atoms with Gasteiger partial charge in [0.2, 0.25) is 0 Å². The van der Waals surface area contributed by atoms with E-state index in [1.807, 2.05) is 6.20 Å². The van der Waals surface area contributed by atoms with E-state index in [2.05, 4.69) is 49.6 Å². The monoisotopic (exact) mass is 269 g/mol. The molecule has 0 unspecified atom stereocenters. The Bertz CT molecular complexity index is 597. The minimum atomic E-state index is 0.746. The van der Waals surface area contributed by atoms with Gasteiger partial charge in [-0.2, -0.15) is 5.10 Å². The molecule has 2 aliphatic heterocycles. The van der Waals surface area contributed by atoms with Gasteiger partial charge in [-0.15, -0.1) is 5.10 Å². The normalized spacial score (nSPS) is 21.1. The highest BCUT2D eigenvalue weighted by Crippen LogP contribution is 2.24. The summed E-state index contributed by atoms with van der Waals surface area (Å²) < 4.78 is 0. The van der Waals surface area contributed by atoms with E-state index in [1.54, 1.807) is 0 Å². The molecule has 3 heterocycles. The number of anilines is 1. The molecule has 5 nitrogen and oxygen atoms in total. The van der Waals surface area contributed by atoms with Gasteiger partial charge < -0.3 is 10.2 Å². The average molecular weight is 269 g/mol. The third-order valence-corrected chi connectivity index (χ3v) is 4.44. The minimum Gasteiger partial charge on any atom is -0.352 e. The average Bonchev–Trinajstić information content (AvgIpc) is 2.46. The maximum Gasteiger partial charge on any atom is 0.159 e. The van der Waals surface area contributed by atoms with Crippen LogP contribution in [0.1, 0.15) is 0 Å². The quantitative estimate of drug-likeness (QED) is 0.870. The fraction of sp³-hybridized carbons (Fsp3) is 0.467. The summed E-state index contributed by atoms with van der Waals surface area (Å²) in [6, 6.07) is 9.11. The van der Waals surface area contributed by atoms with Crippen LogP contribution in [-0.4, -0.2) is 60.4 Å². The summed E-state index contributed by atoms with van der Waals surface area (Å²) in [6.07, 6.45) is 1.84. The maximum absolute atomic E-state index is 4.38. The van der Waals surface area contributed by atoms with Crippen LogP contribution < -0.4 is 10.2 Å². The van der Waals surface area contributed by atoms with Crippen molar-refractivity contribution in [1.29, 1.82) is 0 Å². The van der Waals surface area contributed by atoms with Gasteiger partial charge in [-0.25, -0.2) is 0 Å². The second kappa shape index (κ2) is 5.00. The largest absolute Gasteiger partial charge is 0.352 e. The number of rotatable bonds is 2. The molecule has 104 valence electrons. The van der Waals surface area contributed by atoms with Crippen molar-refractivity contribution in [1.82, 2.24) is 20.4 Å². The molecule has 0 spiro atoms. The molecule has 0 saturated carbocycles. The number of benzene rings is 1. The first-order valence-corrected chi connectivity index (χ1v) is 7.32. The fourth-order valence-corrected chi connectivity index (χ4v) is 3.08. The number of hydrogen-bond acceptors (Lipinski definition) is 5. The van der Waals surface area contributed by atoms with E-state index in [9.17, 15) is 0 Å². The van der Waals surface area contributed by atoms with Gasteiger partial charge in [0.05, 0.1) is 6.20 Å². The zero-order valence-corrected chi connectivity index (χ0v) is 11.5.